The first-order valence-electron chi connectivity index (χ1n) is 7.69. The second kappa shape index (κ2) is 5.53. The van der Waals surface area contributed by atoms with Crippen molar-refractivity contribution in [1.82, 2.24) is 0 Å². The predicted octanol–water partition coefficient (Wildman–Crippen LogP) is 1.24. The number of nitrogens with one attached hydrogen (secondary N) is 1. The van der Waals surface area contributed by atoms with Gasteiger partial charge in [0.15, 0.2) is 0 Å². The van der Waals surface area contributed by atoms with E-state index >= 15 is 0 Å². The van der Waals surface area contributed by atoms with E-state index in [4.69, 9.17) is 5.73 Å². The maximum absolute atomic E-state index is 12.7. The number of fused-ring (bicyclic) bond motifs is 1. The Morgan fingerprint density at radius 2 is 1.96 bits per heavy atom. The van der Waals surface area contributed by atoms with Crippen molar-refractivity contribution in [2.45, 2.75) is 32.9 Å². The van der Waals surface area contributed by atoms with Crippen LogP contribution in [0.4, 0.5) is 17.1 Å². The Morgan fingerprint density at radius 3 is 2.61 bits per heavy atom. The highest BCUT2D eigenvalue weighted by Gasteiger charge is 2.38. The molecule has 1 heterocycles. The molecule has 0 saturated carbocycles. The number of hydrogen-bond acceptors (Lipinski definition) is 5. The molecule has 3 rings (SSSR count). The van der Waals surface area contributed by atoms with Crippen LogP contribution in [0.25, 0.3) is 0 Å². The highest BCUT2D eigenvalue weighted by Crippen LogP contribution is 2.32. The van der Waals surface area contributed by atoms with E-state index in [2.05, 4.69) is 5.32 Å². The minimum absolute atomic E-state index is 0.00751. The summed E-state index contributed by atoms with van der Waals surface area (Å²) in [5.41, 5.74) is 6.21. The predicted molar refractivity (Wildman–Crippen MR) is 90.3 cm³/mol. The highest BCUT2D eigenvalue weighted by molar-refractivity contribution is 5.99. The van der Waals surface area contributed by atoms with Crippen LogP contribution in [0.3, 0.4) is 0 Å². The highest BCUT2D eigenvalue weighted by atomic mass is 16.2. The number of nitrogens with two attached hydrogens (primary N) is 1. The lowest BCUT2D eigenvalue weighted by Crippen LogP contribution is -2.52. The fourth-order valence-electron chi connectivity index (χ4n) is 3.10. The Bertz CT molecular complexity index is 836. The smallest absolute Gasteiger partial charge is 0.253 e. The third-order valence-electron chi connectivity index (χ3n) is 4.61. The van der Waals surface area contributed by atoms with Gasteiger partial charge < -0.3 is 16.0 Å². The normalized spacial score (nSPS) is 19.1. The van der Waals surface area contributed by atoms with Gasteiger partial charge in [-0.3, -0.25) is 14.4 Å². The van der Waals surface area contributed by atoms with E-state index in [1.165, 1.54) is 0 Å². The summed E-state index contributed by atoms with van der Waals surface area (Å²) in [6.45, 7) is 4.30. The molecule has 6 heteroatoms. The maximum atomic E-state index is 12.7. The zero-order valence-corrected chi connectivity index (χ0v) is 13.1. The van der Waals surface area contributed by atoms with Gasteiger partial charge in [-0.2, -0.15) is 0 Å². The Balaban J connectivity index is 2.13. The first-order valence-corrected chi connectivity index (χ1v) is 7.69. The Hall–Kier alpha value is -2.63. The van der Waals surface area contributed by atoms with Crippen molar-refractivity contribution < 1.29 is 4.79 Å². The maximum Gasteiger partial charge on any atom is 0.253 e. The Labute approximate surface area is 133 Å². The largest absolute Gasteiger partial charge is 0.394 e. The van der Waals surface area contributed by atoms with Crippen LogP contribution in [0.15, 0.2) is 33.9 Å². The van der Waals surface area contributed by atoms with Crippen LogP contribution in [-0.4, -0.2) is 11.9 Å². The van der Waals surface area contributed by atoms with Gasteiger partial charge in [0.05, 0.1) is 0 Å². The second-order valence-electron chi connectivity index (χ2n) is 6.03. The van der Waals surface area contributed by atoms with E-state index in [1.54, 1.807) is 4.90 Å². The van der Waals surface area contributed by atoms with Crippen molar-refractivity contribution in [3.63, 3.8) is 0 Å². The molecule has 23 heavy (non-hydrogen) atoms. The summed E-state index contributed by atoms with van der Waals surface area (Å²) >= 11 is 0. The van der Waals surface area contributed by atoms with Crippen LogP contribution < -0.4 is 26.8 Å². The van der Waals surface area contributed by atoms with Gasteiger partial charge in [-0.05, 0) is 17.5 Å². The number of carbonyl (C=O) groups excluding carboxylic acids is 1. The van der Waals surface area contributed by atoms with E-state index < -0.39 is 16.9 Å². The molecule has 0 aromatic heterocycles. The number of amides is 1. The number of benzene rings is 1. The molecule has 0 radical (unpaired) electrons. The second-order valence-corrected chi connectivity index (χ2v) is 6.03. The van der Waals surface area contributed by atoms with Gasteiger partial charge in [0, 0.05) is 12.2 Å². The molecule has 0 saturated heterocycles. The van der Waals surface area contributed by atoms with E-state index in [1.807, 2.05) is 38.1 Å². The van der Waals surface area contributed by atoms with E-state index in [0.717, 1.165) is 17.7 Å². The van der Waals surface area contributed by atoms with Crippen LogP contribution in [0.5, 0.6) is 0 Å². The van der Waals surface area contributed by atoms with Crippen molar-refractivity contribution in [1.29, 1.82) is 0 Å². The summed E-state index contributed by atoms with van der Waals surface area (Å²) < 4.78 is 0. The summed E-state index contributed by atoms with van der Waals surface area (Å²) in [5, 5.41) is 2.92. The zero-order chi connectivity index (χ0) is 16.7. The molecule has 3 N–H and O–H groups in total. The quantitative estimate of drug-likeness (QED) is 0.832. The fourth-order valence-corrected chi connectivity index (χ4v) is 3.10. The van der Waals surface area contributed by atoms with Gasteiger partial charge >= 0.3 is 0 Å². The first-order chi connectivity index (χ1) is 11.0. The summed E-state index contributed by atoms with van der Waals surface area (Å²) in [7, 11) is 0. The fraction of sp³-hybridized carbons (Fsp3) is 0.353. The number of nitrogens with zero attached hydrogens (tertiary/aromatic N) is 1. The molecule has 1 amide bonds. The molecular formula is C17H19N3O3. The Kier molecular flexibility index (Phi) is 3.67. The van der Waals surface area contributed by atoms with Gasteiger partial charge in [0.2, 0.25) is 5.91 Å². The number of hydrogen-bond donors (Lipinski definition) is 2. The number of para-hydroxylation sites is 1. The lowest BCUT2D eigenvalue weighted by atomic mass is 9.95. The molecule has 0 aliphatic carbocycles. The summed E-state index contributed by atoms with van der Waals surface area (Å²) in [5.74, 6) is -0.176. The van der Waals surface area contributed by atoms with E-state index in [0.29, 0.717) is 6.54 Å². The zero-order valence-electron chi connectivity index (χ0n) is 13.1. The van der Waals surface area contributed by atoms with Crippen molar-refractivity contribution in [2.24, 2.45) is 5.92 Å². The van der Waals surface area contributed by atoms with E-state index in [9.17, 15) is 14.4 Å². The lowest BCUT2D eigenvalue weighted by Gasteiger charge is -2.34. The lowest BCUT2D eigenvalue weighted by molar-refractivity contribution is -0.118. The van der Waals surface area contributed by atoms with Crippen LogP contribution in [0.2, 0.25) is 0 Å². The molecular weight excluding hydrogens is 294 g/mol. The molecule has 2 aromatic rings. The van der Waals surface area contributed by atoms with Gasteiger partial charge in [-0.1, -0.05) is 38.5 Å². The van der Waals surface area contributed by atoms with Crippen LogP contribution in [0, 0.1) is 5.92 Å². The van der Waals surface area contributed by atoms with Gasteiger partial charge in [0.25, 0.3) is 10.9 Å². The summed E-state index contributed by atoms with van der Waals surface area (Å²) in [6.07, 6.45) is 0.764. The number of nitrogen functional groups attached to an aromatic ring is 1. The molecule has 6 nitrogen and oxygen atoms in total. The van der Waals surface area contributed by atoms with Crippen molar-refractivity contribution in [2.75, 3.05) is 16.0 Å². The SMILES string of the molecule is CC[C@H](C)[C@H]1C(=O)Nc2ccccc2CN1c1c(N)c(=O)c1=O. The summed E-state index contributed by atoms with van der Waals surface area (Å²) in [6, 6.07) is 6.90. The molecule has 2 aromatic carbocycles. The molecule has 2 atom stereocenters. The minimum atomic E-state index is -0.666. The number of carbonyl (C=O) groups is 1. The van der Waals surface area contributed by atoms with Crippen molar-refractivity contribution in [3.05, 3.63) is 50.3 Å². The average molecular weight is 313 g/mol. The van der Waals surface area contributed by atoms with E-state index in [-0.39, 0.29) is 23.2 Å². The molecule has 1 aliphatic rings. The molecule has 0 bridgehead atoms. The number of rotatable bonds is 3. The van der Waals surface area contributed by atoms with Gasteiger partial charge in [0.1, 0.15) is 17.4 Å². The molecule has 0 unspecified atom stereocenters. The molecule has 1 aliphatic heterocycles. The van der Waals surface area contributed by atoms with Crippen LogP contribution in [0.1, 0.15) is 25.8 Å². The summed E-state index contributed by atoms with van der Waals surface area (Å²) in [4.78, 5) is 37.9. The minimum Gasteiger partial charge on any atom is -0.394 e. The molecule has 0 fully saturated rings. The average Bonchev–Trinajstić information content (AvgIpc) is 2.69. The monoisotopic (exact) mass is 313 g/mol. The molecule has 0 spiro atoms. The van der Waals surface area contributed by atoms with Crippen LogP contribution in [-0.2, 0) is 11.3 Å². The van der Waals surface area contributed by atoms with Crippen molar-refractivity contribution in [3.8, 4) is 0 Å². The topological polar surface area (TPSA) is 92.5 Å². The number of anilines is 3. The first kappa shape index (κ1) is 15.3. The molecule has 120 valence electrons. The van der Waals surface area contributed by atoms with Gasteiger partial charge in [-0.25, -0.2) is 0 Å². The van der Waals surface area contributed by atoms with Crippen LogP contribution >= 0.6 is 0 Å². The third kappa shape index (κ3) is 2.30. The van der Waals surface area contributed by atoms with Crippen molar-refractivity contribution >= 4 is 23.0 Å². The Morgan fingerprint density at radius 1 is 1.26 bits per heavy atom. The third-order valence-corrected chi connectivity index (χ3v) is 4.61. The van der Waals surface area contributed by atoms with Gasteiger partial charge in [-0.15, -0.1) is 0 Å². The standard InChI is InChI=1S/C17H19N3O3/c1-3-9(2)13-17(23)19-11-7-5-4-6-10(11)8-20(13)14-12(18)15(21)16(14)22/h4-7,9,13H,3,8,18H2,1-2H3,(H,19,23)/t9-,13-/m0/s1.